The van der Waals surface area contributed by atoms with Gasteiger partial charge in [0, 0.05) is 16.8 Å². The maximum atomic E-state index is 12.7. The second-order valence-corrected chi connectivity index (χ2v) is 7.48. The maximum absolute atomic E-state index is 12.7. The van der Waals surface area contributed by atoms with Crippen molar-refractivity contribution in [2.24, 2.45) is 0 Å². The SMILES string of the molecule is Cc1ccc([C@H](C)NC(=O)c2cccc(Nc3ccc(-c4ccccc4)nn3)c2)cc1. The molecule has 0 aliphatic carbocycles. The largest absolute Gasteiger partial charge is 0.346 e. The number of aryl methyl sites for hydroxylation is 1. The van der Waals surface area contributed by atoms with Crippen LogP contribution in [0.2, 0.25) is 0 Å². The number of carbonyl (C=O) groups excluding carboxylic acids is 1. The molecule has 0 fully saturated rings. The van der Waals surface area contributed by atoms with E-state index in [1.54, 1.807) is 6.07 Å². The number of amides is 1. The molecule has 0 radical (unpaired) electrons. The summed E-state index contributed by atoms with van der Waals surface area (Å²) in [6.45, 7) is 4.03. The van der Waals surface area contributed by atoms with Crippen LogP contribution >= 0.6 is 0 Å². The van der Waals surface area contributed by atoms with Gasteiger partial charge in [0.25, 0.3) is 5.91 Å². The van der Waals surface area contributed by atoms with E-state index >= 15 is 0 Å². The van der Waals surface area contributed by atoms with Crippen LogP contribution in [-0.4, -0.2) is 16.1 Å². The summed E-state index contributed by atoms with van der Waals surface area (Å²) in [5.41, 5.74) is 5.45. The van der Waals surface area contributed by atoms with Crippen LogP contribution < -0.4 is 10.6 Å². The molecule has 1 heterocycles. The standard InChI is InChI=1S/C26H24N4O/c1-18-11-13-20(14-12-18)19(2)27-26(31)22-9-6-10-23(17-22)28-25-16-15-24(29-30-25)21-7-4-3-5-8-21/h3-17,19H,1-2H3,(H,27,31)(H,28,30)/t19-/m0/s1. The third kappa shape index (κ3) is 5.14. The van der Waals surface area contributed by atoms with Gasteiger partial charge in [-0.15, -0.1) is 10.2 Å². The highest BCUT2D eigenvalue weighted by Gasteiger charge is 2.12. The molecule has 154 valence electrons. The lowest BCUT2D eigenvalue weighted by molar-refractivity contribution is 0.0940. The van der Waals surface area contributed by atoms with Gasteiger partial charge in [-0.2, -0.15) is 0 Å². The molecule has 4 aromatic rings. The van der Waals surface area contributed by atoms with Gasteiger partial charge in [0.15, 0.2) is 5.82 Å². The molecule has 0 saturated heterocycles. The number of nitrogens with zero attached hydrogens (tertiary/aromatic N) is 2. The zero-order valence-electron chi connectivity index (χ0n) is 17.5. The Morgan fingerprint density at radius 3 is 2.32 bits per heavy atom. The number of nitrogens with one attached hydrogen (secondary N) is 2. The molecule has 5 nitrogen and oxygen atoms in total. The maximum Gasteiger partial charge on any atom is 0.251 e. The number of carbonyl (C=O) groups is 1. The fourth-order valence-electron chi connectivity index (χ4n) is 3.27. The highest BCUT2D eigenvalue weighted by atomic mass is 16.1. The van der Waals surface area contributed by atoms with Gasteiger partial charge in [-0.25, -0.2) is 0 Å². The van der Waals surface area contributed by atoms with Gasteiger partial charge in [-0.3, -0.25) is 4.79 Å². The van der Waals surface area contributed by atoms with E-state index in [2.05, 4.69) is 20.8 Å². The van der Waals surface area contributed by atoms with Gasteiger partial charge < -0.3 is 10.6 Å². The number of hydrogen-bond donors (Lipinski definition) is 2. The molecule has 0 aliphatic rings. The fraction of sp³-hybridized carbons (Fsp3) is 0.115. The highest BCUT2D eigenvalue weighted by molar-refractivity contribution is 5.95. The Balaban J connectivity index is 1.43. The lowest BCUT2D eigenvalue weighted by Gasteiger charge is -2.15. The molecule has 2 N–H and O–H groups in total. The van der Waals surface area contributed by atoms with Crippen molar-refractivity contribution in [3.8, 4) is 11.3 Å². The zero-order valence-corrected chi connectivity index (χ0v) is 17.5. The van der Waals surface area contributed by atoms with E-state index in [0.29, 0.717) is 11.4 Å². The van der Waals surface area contributed by atoms with E-state index in [1.165, 1.54) is 5.56 Å². The topological polar surface area (TPSA) is 66.9 Å². The number of anilines is 2. The summed E-state index contributed by atoms with van der Waals surface area (Å²) in [4.78, 5) is 12.7. The monoisotopic (exact) mass is 408 g/mol. The average molecular weight is 409 g/mol. The first-order valence-electron chi connectivity index (χ1n) is 10.2. The predicted molar refractivity (Wildman–Crippen MR) is 124 cm³/mol. The van der Waals surface area contributed by atoms with Crippen molar-refractivity contribution in [2.45, 2.75) is 19.9 Å². The number of rotatable bonds is 6. The Kier molecular flexibility index (Phi) is 6.03. The summed E-state index contributed by atoms with van der Waals surface area (Å²) in [5.74, 6) is 0.493. The first-order chi connectivity index (χ1) is 15.1. The third-order valence-electron chi connectivity index (χ3n) is 5.06. The molecule has 0 bridgehead atoms. The summed E-state index contributed by atoms with van der Waals surface area (Å²) < 4.78 is 0. The van der Waals surface area contributed by atoms with Crippen molar-refractivity contribution in [2.75, 3.05) is 5.32 Å². The molecule has 0 unspecified atom stereocenters. The van der Waals surface area contributed by atoms with E-state index in [4.69, 9.17) is 0 Å². The van der Waals surface area contributed by atoms with Gasteiger partial charge in [0.05, 0.1) is 11.7 Å². The second kappa shape index (κ2) is 9.22. The quantitative estimate of drug-likeness (QED) is 0.430. The molecule has 1 amide bonds. The molecular formula is C26H24N4O. The van der Waals surface area contributed by atoms with E-state index < -0.39 is 0 Å². The Morgan fingerprint density at radius 1 is 0.839 bits per heavy atom. The molecule has 1 aromatic heterocycles. The van der Waals surface area contributed by atoms with Crippen molar-refractivity contribution in [3.05, 3.63) is 108 Å². The van der Waals surface area contributed by atoms with Crippen molar-refractivity contribution >= 4 is 17.4 Å². The first-order valence-corrected chi connectivity index (χ1v) is 10.2. The van der Waals surface area contributed by atoms with Crippen molar-refractivity contribution < 1.29 is 4.79 Å². The summed E-state index contributed by atoms with van der Waals surface area (Å²) in [7, 11) is 0. The van der Waals surface area contributed by atoms with E-state index in [-0.39, 0.29) is 11.9 Å². The number of aromatic nitrogens is 2. The Bertz CT molecular complexity index is 1160. The summed E-state index contributed by atoms with van der Waals surface area (Å²) in [5, 5.41) is 14.8. The second-order valence-electron chi connectivity index (χ2n) is 7.48. The van der Waals surface area contributed by atoms with Gasteiger partial charge in [-0.05, 0) is 49.7 Å². The van der Waals surface area contributed by atoms with Crippen LogP contribution in [0.3, 0.4) is 0 Å². The number of hydrogen-bond acceptors (Lipinski definition) is 4. The van der Waals surface area contributed by atoms with E-state index in [1.807, 2.05) is 98.8 Å². The van der Waals surface area contributed by atoms with Crippen LogP contribution in [0.15, 0.2) is 91.0 Å². The van der Waals surface area contributed by atoms with Crippen LogP contribution in [0.4, 0.5) is 11.5 Å². The molecular weight excluding hydrogens is 384 g/mol. The summed E-state index contributed by atoms with van der Waals surface area (Å²) >= 11 is 0. The fourth-order valence-corrected chi connectivity index (χ4v) is 3.27. The van der Waals surface area contributed by atoms with Gasteiger partial charge in [0.1, 0.15) is 0 Å². The van der Waals surface area contributed by atoms with Gasteiger partial charge in [-0.1, -0.05) is 66.2 Å². The lowest BCUT2D eigenvalue weighted by atomic mass is 10.1. The smallest absolute Gasteiger partial charge is 0.251 e. The summed E-state index contributed by atoms with van der Waals surface area (Å²) in [6.07, 6.45) is 0. The Labute approximate surface area is 182 Å². The molecule has 3 aromatic carbocycles. The Hall–Kier alpha value is -3.99. The van der Waals surface area contributed by atoms with Crippen LogP contribution in [0, 0.1) is 6.92 Å². The Morgan fingerprint density at radius 2 is 1.61 bits per heavy atom. The number of benzene rings is 3. The molecule has 0 spiro atoms. The molecule has 4 rings (SSSR count). The first kappa shape index (κ1) is 20.3. The predicted octanol–water partition coefficient (Wildman–Crippen LogP) is 5.69. The molecule has 1 atom stereocenters. The molecule has 5 heteroatoms. The van der Waals surface area contributed by atoms with Crippen LogP contribution in [0.1, 0.15) is 34.5 Å². The lowest BCUT2D eigenvalue weighted by Crippen LogP contribution is -2.26. The summed E-state index contributed by atoms with van der Waals surface area (Å²) in [6, 6.07) is 29.1. The van der Waals surface area contributed by atoms with Gasteiger partial charge >= 0.3 is 0 Å². The minimum Gasteiger partial charge on any atom is -0.346 e. The molecule has 0 aliphatic heterocycles. The normalized spacial score (nSPS) is 11.5. The van der Waals surface area contributed by atoms with Crippen molar-refractivity contribution in [1.29, 1.82) is 0 Å². The van der Waals surface area contributed by atoms with Crippen LogP contribution in [-0.2, 0) is 0 Å². The van der Waals surface area contributed by atoms with E-state index in [9.17, 15) is 4.79 Å². The van der Waals surface area contributed by atoms with Crippen molar-refractivity contribution in [3.63, 3.8) is 0 Å². The molecule has 0 saturated carbocycles. The van der Waals surface area contributed by atoms with Gasteiger partial charge in [0.2, 0.25) is 0 Å². The van der Waals surface area contributed by atoms with Crippen molar-refractivity contribution in [1.82, 2.24) is 15.5 Å². The third-order valence-corrected chi connectivity index (χ3v) is 5.06. The van der Waals surface area contributed by atoms with Crippen LogP contribution in [0.25, 0.3) is 11.3 Å². The van der Waals surface area contributed by atoms with E-state index in [0.717, 1.165) is 22.5 Å². The molecule has 31 heavy (non-hydrogen) atoms. The highest BCUT2D eigenvalue weighted by Crippen LogP contribution is 2.20. The van der Waals surface area contributed by atoms with Crippen LogP contribution in [0.5, 0.6) is 0 Å². The minimum atomic E-state index is -0.123. The zero-order chi connectivity index (χ0) is 21.6. The minimum absolute atomic E-state index is 0.0823. The average Bonchev–Trinajstić information content (AvgIpc) is 2.81.